The Kier molecular flexibility index (Phi) is 7.51. The third-order valence-electron chi connectivity index (χ3n) is 7.32. The molecule has 2 aliphatic rings. The zero-order valence-corrected chi connectivity index (χ0v) is 22.7. The van der Waals surface area contributed by atoms with E-state index in [2.05, 4.69) is 32.8 Å². The molecule has 8 heteroatoms. The molecule has 1 saturated heterocycles. The number of piperazine rings is 1. The molecule has 0 unspecified atom stereocenters. The first-order valence-corrected chi connectivity index (χ1v) is 13.2. The smallest absolute Gasteiger partial charge is 0.258 e. The molecule has 0 spiro atoms. The largest absolute Gasteiger partial charge is 0.354 e. The van der Waals surface area contributed by atoms with E-state index in [0.29, 0.717) is 28.5 Å². The van der Waals surface area contributed by atoms with Crippen molar-refractivity contribution in [3.05, 3.63) is 87.9 Å². The van der Waals surface area contributed by atoms with Crippen molar-refractivity contribution in [3.63, 3.8) is 0 Å². The summed E-state index contributed by atoms with van der Waals surface area (Å²) in [5, 5.41) is 10.1. The van der Waals surface area contributed by atoms with Gasteiger partial charge in [0.2, 0.25) is 5.91 Å². The highest BCUT2D eigenvalue weighted by Crippen LogP contribution is 2.39. The van der Waals surface area contributed by atoms with Crippen molar-refractivity contribution in [1.29, 1.82) is 0 Å². The number of carbonyl (C=O) groups excluding carboxylic acids is 2. The molecule has 3 aromatic carbocycles. The number of benzene rings is 3. The van der Waals surface area contributed by atoms with Crippen molar-refractivity contribution >= 4 is 51.7 Å². The van der Waals surface area contributed by atoms with Gasteiger partial charge < -0.3 is 20.9 Å². The van der Waals surface area contributed by atoms with Crippen LogP contribution in [-0.4, -0.2) is 61.4 Å². The summed E-state index contributed by atoms with van der Waals surface area (Å²) >= 11 is 6.18. The topological polar surface area (TPSA) is 76.7 Å². The monoisotopic (exact) mass is 529 g/mol. The highest BCUT2D eigenvalue weighted by Gasteiger charge is 2.29. The Morgan fingerprint density at radius 1 is 0.921 bits per heavy atom. The van der Waals surface area contributed by atoms with E-state index in [1.54, 1.807) is 12.1 Å². The van der Waals surface area contributed by atoms with Crippen LogP contribution in [0.25, 0.3) is 11.3 Å². The van der Waals surface area contributed by atoms with E-state index in [-0.39, 0.29) is 11.8 Å². The lowest BCUT2D eigenvalue weighted by Gasteiger charge is -2.31. The van der Waals surface area contributed by atoms with E-state index in [9.17, 15) is 9.59 Å². The van der Waals surface area contributed by atoms with Crippen LogP contribution in [0.2, 0.25) is 5.02 Å². The Balaban J connectivity index is 1.43. The van der Waals surface area contributed by atoms with Crippen LogP contribution >= 0.6 is 11.6 Å². The maximum Gasteiger partial charge on any atom is 0.258 e. The summed E-state index contributed by atoms with van der Waals surface area (Å²) in [4.78, 5) is 30.4. The van der Waals surface area contributed by atoms with Gasteiger partial charge in [-0.15, -0.1) is 0 Å². The molecule has 1 fully saturated rings. The number of hydrogen-bond donors (Lipinski definition) is 3. The van der Waals surface area contributed by atoms with Gasteiger partial charge in [0, 0.05) is 48.1 Å². The molecule has 0 radical (unpaired) electrons. The lowest BCUT2D eigenvalue weighted by atomic mass is 9.99. The summed E-state index contributed by atoms with van der Waals surface area (Å²) in [6, 6.07) is 19.1. The number of rotatable bonds is 6. The van der Waals surface area contributed by atoms with Gasteiger partial charge in [0.15, 0.2) is 0 Å². The van der Waals surface area contributed by atoms with Crippen molar-refractivity contribution in [1.82, 2.24) is 9.80 Å². The van der Waals surface area contributed by atoms with Crippen molar-refractivity contribution in [2.45, 2.75) is 13.8 Å². The first kappa shape index (κ1) is 26.0. The van der Waals surface area contributed by atoms with Gasteiger partial charge in [-0.05, 0) is 61.9 Å². The van der Waals surface area contributed by atoms with Crippen molar-refractivity contribution in [2.75, 3.05) is 55.7 Å². The van der Waals surface area contributed by atoms with Gasteiger partial charge in [-0.3, -0.25) is 14.5 Å². The Bertz CT molecular complexity index is 1410. The Morgan fingerprint density at radius 2 is 1.58 bits per heavy atom. The zero-order valence-electron chi connectivity index (χ0n) is 21.9. The van der Waals surface area contributed by atoms with Crippen LogP contribution in [0.4, 0.5) is 17.1 Å². The third-order valence-corrected chi connectivity index (χ3v) is 7.56. The molecule has 0 aromatic heterocycles. The summed E-state index contributed by atoms with van der Waals surface area (Å²) in [5.74, 6) is -0.196. The molecule has 3 N–H and O–H groups in total. The number of fused-ring (bicyclic) bond motifs is 1. The quantitative estimate of drug-likeness (QED) is 0.388. The fourth-order valence-corrected chi connectivity index (χ4v) is 5.07. The second-order valence-corrected chi connectivity index (χ2v) is 10.4. The molecule has 196 valence electrons. The lowest BCUT2D eigenvalue weighted by molar-refractivity contribution is -0.117. The van der Waals surface area contributed by atoms with Gasteiger partial charge in [-0.2, -0.15) is 0 Å². The molecule has 0 aliphatic carbocycles. The van der Waals surface area contributed by atoms with E-state index in [1.165, 1.54) is 0 Å². The molecule has 7 nitrogen and oxygen atoms in total. The molecule has 0 bridgehead atoms. The van der Waals surface area contributed by atoms with Crippen LogP contribution in [0.15, 0.2) is 60.7 Å². The van der Waals surface area contributed by atoms with Gasteiger partial charge in [-0.1, -0.05) is 48.0 Å². The van der Waals surface area contributed by atoms with Gasteiger partial charge >= 0.3 is 0 Å². The maximum atomic E-state index is 13.2. The van der Waals surface area contributed by atoms with Crippen molar-refractivity contribution in [2.24, 2.45) is 0 Å². The number of anilines is 3. The summed E-state index contributed by atoms with van der Waals surface area (Å²) in [6.45, 7) is 8.13. The fourth-order valence-electron chi connectivity index (χ4n) is 4.90. The predicted molar refractivity (Wildman–Crippen MR) is 155 cm³/mol. The number of hydrogen-bond acceptors (Lipinski definition) is 5. The molecular formula is C30H32ClN5O2. The standard InChI is InChI=1S/C30H32ClN5O2/c1-19-20(2)25(12-11-24(19)32-27(37)18-36-15-13-35(3)14-16-36)33-29(21-7-5-4-6-8-21)28-23-10-9-22(31)17-26(23)34-30(28)38/h4-12,17,33H,13-16,18H2,1-3H3,(H,32,37)(H,34,38). The Morgan fingerprint density at radius 3 is 2.26 bits per heavy atom. The minimum absolute atomic E-state index is 0.0113. The number of likely N-dealkylation sites (N-methyl/N-ethyl adjacent to an activating group) is 1. The van der Waals surface area contributed by atoms with E-state index in [4.69, 9.17) is 11.6 Å². The summed E-state index contributed by atoms with van der Waals surface area (Å²) < 4.78 is 0. The number of amides is 2. The molecule has 2 amide bonds. The summed E-state index contributed by atoms with van der Waals surface area (Å²) in [5.41, 5.74) is 7.27. The molecule has 5 rings (SSSR count). The predicted octanol–water partition coefficient (Wildman–Crippen LogP) is 5.08. The minimum Gasteiger partial charge on any atom is -0.354 e. The van der Waals surface area contributed by atoms with Crippen LogP contribution in [0.3, 0.4) is 0 Å². The molecule has 38 heavy (non-hydrogen) atoms. The molecule has 3 aromatic rings. The first-order chi connectivity index (χ1) is 18.3. The molecular weight excluding hydrogens is 498 g/mol. The van der Waals surface area contributed by atoms with Crippen LogP contribution in [-0.2, 0) is 9.59 Å². The minimum atomic E-state index is -0.184. The van der Waals surface area contributed by atoms with Gasteiger partial charge in [-0.25, -0.2) is 0 Å². The molecule has 2 heterocycles. The van der Waals surface area contributed by atoms with E-state index in [0.717, 1.165) is 59.8 Å². The SMILES string of the molecule is Cc1c(NC(=O)CN2CCN(C)CC2)ccc(NC(=C2C(=O)Nc3cc(Cl)ccc32)c2ccccc2)c1C. The number of nitrogens with one attached hydrogen (secondary N) is 3. The summed E-state index contributed by atoms with van der Waals surface area (Å²) in [7, 11) is 2.10. The lowest BCUT2D eigenvalue weighted by Crippen LogP contribution is -2.47. The van der Waals surface area contributed by atoms with Gasteiger partial charge in [0.05, 0.1) is 23.5 Å². The fraction of sp³-hybridized carbons (Fsp3) is 0.267. The number of nitrogens with zero attached hydrogens (tertiary/aromatic N) is 2. The summed E-state index contributed by atoms with van der Waals surface area (Å²) in [6.07, 6.45) is 0. The van der Waals surface area contributed by atoms with Crippen LogP contribution < -0.4 is 16.0 Å². The second-order valence-electron chi connectivity index (χ2n) is 9.92. The number of carbonyl (C=O) groups is 2. The average molecular weight is 530 g/mol. The van der Waals surface area contributed by atoms with E-state index >= 15 is 0 Å². The highest BCUT2D eigenvalue weighted by atomic mass is 35.5. The highest BCUT2D eigenvalue weighted by molar-refractivity contribution is 6.38. The normalized spacial score (nSPS) is 17.1. The van der Waals surface area contributed by atoms with Gasteiger partial charge in [0.25, 0.3) is 5.91 Å². The van der Waals surface area contributed by atoms with E-state index < -0.39 is 0 Å². The molecule has 0 saturated carbocycles. The Labute approximate surface area is 228 Å². The first-order valence-electron chi connectivity index (χ1n) is 12.8. The van der Waals surface area contributed by atoms with E-state index in [1.807, 2.05) is 62.4 Å². The van der Waals surface area contributed by atoms with Crippen LogP contribution in [0.1, 0.15) is 22.3 Å². The van der Waals surface area contributed by atoms with Crippen molar-refractivity contribution < 1.29 is 9.59 Å². The number of halogens is 1. The maximum absolute atomic E-state index is 13.2. The second kappa shape index (κ2) is 11.0. The average Bonchev–Trinajstić information content (AvgIpc) is 3.22. The third kappa shape index (κ3) is 5.45. The van der Waals surface area contributed by atoms with Crippen LogP contribution in [0.5, 0.6) is 0 Å². The molecule has 0 atom stereocenters. The molecule has 2 aliphatic heterocycles. The van der Waals surface area contributed by atoms with Crippen LogP contribution in [0, 0.1) is 13.8 Å². The zero-order chi connectivity index (χ0) is 26.8. The Hall–Kier alpha value is -3.65. The van der Waals surface area contributed by atoms with Gasteiger partial charge in [0.1, 0.15) is 0 Å². The van der Waals surface area contributed by atoms with Crippen molar-refractivity contribution in [3.8, 4) is 0 Å².